The van der Waals surface area contributed by atoms with Crippen LogP contribution in [-0.4, -0.2) is 6.18 Å². The molecule has 0 saturated heterocycles. The van der Waals surface area contributed by atoms with Gasteiger partial charge >= 0.3 is 6.18 Å². The van der Waals surface area contributed by atoms with E-state index in [0.29, 0.717) is 0 Å². The summed E-state index contributed by atoms with van der Waals surface area (Å²) in [4.78, 5) is 0. The van der Waals surface area contributed by atoms with Crippen molar-refractivity contribution in [2.45, 2.75) is 13.1 Å². The molecule has 0 bridgehead atoms. The molecule has 0 heterocycles. The maximum Gasteiger partial charge on any atom is 0.412 e. The molecule has 0 aromatic rings. The lowest BCUT2D eigenvalue weighted by atomic mass is 10.3. The van der Waals surface area contributed by atoms with Crippen molar-refractivity contribution < 1.29 is 13.2 Å². The molecule has 0 amide bonds. The van der Waals surface area contributed by atoms with E-state index in [1.54, 1.807) is 22.6 Å². The first-order valence-corrected chi connectivity index (χ1v) is 3.07. The van der Waals surface area contributed by atoms with Crippen molar-refractivity contribution >= 4 is 22.6 Å². The average Bonchev–Trinajstić information content (AvgIpc) is 1.62. The lowest BCUT2D eigenvalue weighted by Crippen LogP contribution is -2.07. The Morgan fingerprint density at radius 2 is 1.88 bits per heavy atom. The molecule has 8 heavy (non-hydrogen) atoms. The molecule has 48 valence electrons. The molecule has 0 nitrogen and oxygen atoms in total. The van der Waals surface area contributed by atoms with Crippen LogP contribution in [0.25, 0.3) is 0 Å². The highest BCUT2D eigenvalue weighted by Crippen LogP contribution is 2.25. The molecule has 0 fully saturated rings. The van der Waals surface area contributed by atoms with E-state index in [9.17, 15) is 13.2 Å². The largest absolute Gasteiger partial charge is 0.412 e. The van der Waals surface area contributed by atoms with Gasteiger partial charge in [0.1, 0.15) is 0 Å². The van der Waals surface area contributed by atoms with Gasteiger partial charge in [0, 0.05) is 5.57 Å². The molecule has 0 radical (unpaired) electrons. The second kappa shape index (κ2) is 2.70. The number of halogens is 4. The minimum absolute atomic E-state index is 0.557. The van der Waals surface area contributed by atoms with E-state index < -0.39 is 11.7 Å². The van der Waals surface area contributed by atoms with E-state index in [1.165, 1.54) is 0 Å². The summed E-state index contributed by atoms with van der Waals surface area (Å²) in [5, 5.41) is 0. The van der Waals surface area contributed by atoms with Crippen LogP contribution in [0.15, 0.2) is 9.66 Å². The van der Waals surface area contributed by atoms with Gasteiger partial charge in [-0.2, -0.15) is 13.2 Å². The van der Waals surface area contributed by atoms with Gasteiger partial charge in [0.15, 0.2) is 0 Å². The van der Waals surface area contributed by atoms with Crippen LogP contribution in [0, 0.1) is 0 Å². The van der Waals surface area contributed by atoms with Crippen molar-refractivity contribution in [3.8, 4) is 0 Å². The zero-order valence-electron chi connectivity index (χ0n) is 4.09. The van der Waals surface area contributed by atoms with Gasteiger partial charge in [-0.1, -0.05) is 22.6 Å². The third-order valence-corrected chi connectivity index (χ3v) is 1.55. The van der Waals surface area contributed by atoms with Crippen LogP contribution >= 0.6 is 22.6 Å². The molecule has 0 spiro atoms. The fraction of sp³-hybridized carbons (Fsp3) is 0.500. The molecule has 0 rings (SSSR count). The first-order valence-electron chi connectivity index (χ1n) is 1.82. The molecule has 0 N–H and O–H groups in total. The van der Waals surface area contributed by atoms with Crippen LogP contribution in [0.5, 0.6) is 0 Å². The average molecular weight is 236 g/mol. The number of hydrogen-bond donors (Lipinski definition) is 0. The van der Waals surface area contributed by atoms with Gasteiger partial charge < -0.3 is 0 Å². The van der Waals surface area contributed by atoms with E-state index in [0.717, 1.165) is 11.0 Å². The van der Waals surface area contributed by atoms with Crippen LogP contribution in [0.3, 0.4) is 0 Å². The summed E-state index contributed by atoms with van der Waals surface area (Å²) < 4.78 is 35.1. The van der Waals surface area contributed by atoms with Crippen molar-refractivity contribution in [3.05, 3.63) is 9.66 Å². The van der Waals surface area contributed by atoms with Gasteiger partial charge in [-0.25, -0.2) is 0 Å². The van der Waals surface area contributed by atoms with Crippen LogP contribution in [-0.2, 0) is 0 Å². The highest BCUT2D eigenvalue weighted by atomic mass is 127. The second-order valence-corrected chi connectivity index (χ2v) is 1.91. The molecular weight excluding hydrogens is 232 g/mol. The molecule has 0 aliphatic heterocycles. The van der Waals surface area contributed by atoms with Crippen molar-refractivity contribution in [1.82, 2.24) is 0 Å². The number of rotatable bonds is 0. The fourth-order valence-electron chi connectivity index (χ4n) is 0.0619. The van der Waals surface area contributed by atoms with Crippen LogP contribution in [0.2, 0.25) is 0 Å². The van der Waals surface area contributed by atoms with Gasteiger partial charge in [-0.3, -0.25) is 0 Å². The molecule has 0 unspecified atom stereocenters. The lowest BCUT2D eigenvalue weighted by Gasteiger charge is -2.02. The maximum absolute atomic E-state index is 11.4. The van der Waals surface area contributed by atoms with Gasteiger partial charge in [0.05, 0.1) is 0 Å². The Morgan fingerprint density at radius 3 is 1.88 bits per heavy atom. The monoisotopic (exact) mass is 236 g/mol. The molecule has 0 saturated carbocycles. The summed E-state index contributed by atoms with van der Waals surface area (Å²) >= 11 is 1.56. The van der Waals surface area contributed by atoms with Gasteiger partial charge in [0.2, 0.25) is 0 Å². The van der Waals surface area contributed by atoms with E-state index in [4.69, 9.17) is 0 Å². The predicted octanol–water partition coefficient (Wildman–Crippen LogP) is 2.89. The lowest BCUT2D eigenvalue weighted by molar-refractivity contribution is -0.0909. The molecular formula is C4H4F3I. The summed E-state index contributed by atoms with van der Waals surface area (Å²) in [6.07, 6.45) is -4.14. The van der Waals surface area contributed by atoms with E-state index >= 15 is 0 Å². The summed E-state index contributed by atoms with van der Waals surface area (Å²) in [5.74, 6) is 0. The van der Waals surface area contributed by atoms with Crippen molar-refractivity contribution in [1.29, 1.82) is 0 Å². The Labute approximate surface area is 58.9 Å². The van der Waals surface area contributed by atoms with Crippen LogP contribution in [0.1, 0.15) is 6.92 Å². The smallest absolute Gasteiger partial charge is 0.166 e. The third-order valence-electron chi connectivity index (χ3n) is 0.611. The fourth-order valence-corrected chi connectivity index (χ4v) is 0.415. The van der Waals surface area contributed by atoms with Crippen molar-refractivity contribution in [2.24, 2.45) is 0 Å². The summed E-state index contributed by atoms with van der Waals surface area (Å²) in [6, 6.07) is 0. The number of allylic oxidation sites excluding steroid dienone is 1. The normalized spacial score (nSPS) is 14.4. The SMILES string of the molecule is C/C(=C\I)C(F)(F)F. The van der Waals surface area contributed by atoms with Crippen molar-refractivity contribution in [2.75, 3.05) is 0 Å². The highest BCUT2D eigenvalue weighted by Gasteiger charge is 2.29. The molecule has 0 aliphatic carbocycles. The number of alkyl halides is 3. The molecule has 0 aliphatic rings. The Bertz CT molecular complexity index is 102. The Kier molecular flexibility index (Phi) is 2.79. The maximum atomic E-state index is 11.4. The van der Waals surface area contributed by atoms with Gasteiger partial charge in [0.25, 0.3) is 0 Å². The molecule has 4 heteroatoms. The van der Waals surface area contributed by atoms with Gasteiger partial charge in [-0.05, 0) is 11.0 Å². The van der Waals surface area contributed by atoms with Crippen LogP contribution < -0.4 is 0 Å². The van der Waals surface area contributed by atoms with E-state index in [2.05, 4.69) is 0 Å². The van der Waals surface area contributed by atoms with Crippen LogP contribution in [0.4, 0.5) is 13.2 Å². The minimum atomic E-state index is -4.14. The van der Waals surface area contributed by atoms with Gasteiger partial charge in [-0.15, -0.1) is 0 Å². The summed E-state index contributed by atoms with van der Waals surface area (Å²) in [7, 11) is 0. The second-order valence-electron chi connectivity index (χ2n) is 1.29. The minimum Gasteiger partial charge on any atom is -0.166 e. The first-order chi connectivity index (χ1) is 3.48. The first kappa shape index (κ1) is 8.26. The Hall–Kier alpha value is 0.260. The molecule has 0 aromatic heterocycles. The number of hydrogen-bond acceptors (Lipinski definition) is 0. The quantitative estimate of drug-likeness (QED) is 0.567. The van der Waals surface area contributed by atoms with E-state index in [-0.39, 0.29) is 0 Å². The van der Waals surface area contributed by atoms with E-state index in [1.807, 2.05) is 0 Å². The summed E-state index contributed by atoms with van der Waals surface area (Å²) in [6.45, 7) is 1.03. The third kappa shape index (κ3) is 2.54. The topological polar surface area (TPSA) is 0 Å². The molecule has 0 aromatic carbocycles. The highest BCUT2D eigenvalue weighted by molar-refractivity contribution is 14.1. The summed E-state index contributed by atoms with van der Waals surface area (Å²) in [5.41, 5.74) is -0.557. The predicted molar refractivity (Wildman–Crippen MR) is 33.8 cm³/mol. The Morgan fingerprint density at radius 1 is 1.50 bits per heavy atom. The zero-order chi connectivity index (χ0) is 6.78. The Balaban J connectivity index is 4.03. The zero-order valence-corrected chi connectivity index (χ0v) is 6.25. The standard InChI is InChI=1S/C4H4F3I/c1-3(2-8)4(5,6)7/h2H,1H3/b3-2+. The molecule has 0 atom stereocenters. The van der Waals surface area contributed by atoms with Crippen molar-refractivity contribution in [3.63, 3.8) is 0 Å².